The Morgan fingerprint density at radius 2 is 1.93 bits per heavy atom. The molecule has 0 spiro atoms. The van der Waals surface area contributed by atoms with E-state index in [0.717, 1.165) is 25.7 Å². The molecule has 1 saturated heterocycles. The van der Waals surface area contributed by atoms with Gasteiger partial charge in [-0.05, 0) is 42.9 Å². The maximum atomic E-state index is 12.9. The van der Waals surface area contributed by atoms with Gasteiger partial charge in [0.15, 0.2) is 0 Å². The molecule has 0 bridgehead atoms. The van der Waals surface area contributed by atoms with E-state index in [2.05, 4.69) is 36.5 Å². The van der Waals surface area contributed by atoms with Crippen LogP contribution in [0.15, 0.2) is 47.3 Å². The summed E-state index contributed by atoms with van der Waals surface area (Å²) < 4.78 is 5.07. The van der Waals surface area contributed by atoms with Crippen LogP contribution in [0.5, 0.6) is 0 Å². The highest BCUT2D eigenvalue weighted by Gasteiger charge is 2.36. The topological polar surface area (TPSA) is 62.6 Å². The normalized spacial score (nSPS) is 22.5. The number of amides is 2. The Kier molecular flexibility index (Phi) is 5.01. The molecule has 2 amide bonds. The van der Waals surface area contributed by atoms with Crippen molar-refractivity contribution in [3.05, 3.63) is 59.5 Å². The van der Waals surface area contributed by atoms with Crippen molar-refractivity contribution in [3.63, 3.8) is 0 Å². The minimum absolute atomic E-state index is 0.0668. The molecule has 142 valence electrons. The smallest absolute Gasteiger partial charge is 0.257 e. The van der Waals surface area contributed by atoms with Crippen molar-refractivity contribution in [1.82, 2.24) is 10.2 Å². The number of aryl methyl sites for hydroxylation is 1. The second-order valence-corrected chi connectivity index (χ2v) is 7.73. The first-order valence-corrected chi connectivity index (χ1v) is 9.84. The van der Waals surface area contributed by atoms with Crippen LogP contribution < -0.4 is 5.32 Å². The minimum atomic E-state index is -0.175. The summed E-state index contributed by atoms with van der Waals surface area (Å²) in [5.41, 5.74) is 3.03. The van der Waals surface area contributed by atoms with E-state index >= 15 is 0 Å². The van der Waals surface area contributed by atoms with Crippen LogP contribution in [-0.4, -0.2) is 35.8 Å². The summed E-state index contributed by atoms with van der Waals surface area (Å²) in [4.78, 5) is 27.4. The summed E-state index contributed by atoms with van der Waals surface area (Å²) in [6.45, 7) is 3.23. The van der Waals surface area contributed by atoms with Crippen LogP contribution >= 0.6 is 0 Å². The highest BCUT2D eigenvalue weighted by atomic mass is 16.3. The second-order valence-electron chi connectivity index (χ2n) is 7.73. The number of benzene rings is 1. The lowest BCUT2D eigenvalue weighted by Crippen LogP contribution is -2.48. The van der Waals surface area contributed by atoms with Crippen molar-refractivity contribution >= 4 is 11.8 Å². The largest absolute Gasteiger partial charge is 0.472 e. The summed E-state index contributed by atoms with van der Waals surface area (Å²) in [5.74, 6) is 0.00161. The van der Waals surface area contributed by atoms with E-state index in [1.54, 1.807) is 6.07 Å². The van der Waals surface area contributed by atoms with E-state index in [0.29, 0.717) is 24.7 Å². The van der Waals surface area contributed by atoms with Gasteiger partial charge in [0.1, 0.15) is 6.26 Å². The van der Waals surface area contributed by atoms with Gasteiger partial charge >= 0.3 is 0 Å². The van der Waals surface area contributed by atoms with Crippen molar-refractivity contribution in [2.45, 2.75) is 44.6 Å². The third-order valence-electron chi connectivity index (χ3n) is 5.66. The molecule has 1 aliphatic carbocycles. The van der Waals surface area contributed by atoms with Gasteiger partial charge in [0.2, 0.25) is 5.91 Å². The van der Waals surface area contributed by atoms with Crippen LogP contribution in [0.2, 0.25) is 0 Å². The van der Waals surface area contributed by atoms with Gasteiger partial charge in [-0.3, -0.25) is 9.59 Å². The molecule has 2 aromatic rings. The Morgan fingerprint density at radius 1 is 1.15 bits per heavy atom. The number of carbonyl (C=O) groups excluding carboxylic acids is 2. The third kappa shape index (κ3) is 4.07. The number of hydrogen-bond acceptors (Lipinski definition) is 3. The highest BCUT2D eigenvalue weighted by Crippen LogP contribution is 2.32. The average Bonchev–Trinajstić information content (AvgIpc) is 3.35. The Morgan fingerprint density at radius 3 is 2.56 bits per heavy atom. The van der Waals surface area contributed by atoms with Gasteiger partial charge in [0.25, 0.3) is 5.91 Å². The van der Waals surface area contributed by atoms with Crippen molar-refractivity contribution in [3.8, 4) is 0 Å². The van der Waals surface area contributed by atoms with Crippen molar-refractivity contribution in [2.24, 2.45) is 5.92 Å². The average molecular weight is 366 g/mol. The number of furan rings is 1. The molecular weight excluding hydrogens is 340 g/mol. The molecule has 1 N–H and O–H groups in total. The standard InChI is InChI=1S/C22H26N2O3/c1-2-15-3-5-16(6-4-15)18-11-19(21(25)23-20-7-8-20)13-24(12-18)22(26)17-9-10-27-14-17/h3-6,9-10,14,18-20H,2,7-8,11-13H2,1H3,(H,23,25). The molecule has 4 rings (SSSR count). The molecule has 0 radical (unpaired) electrons. The Hall–Kier alpha value is -2.56. The summed E-state index contributed by atoms with van der Waals surface area (Å²) >= 11 is 0. The van der Waals surface area contributed by atoms with Crippen LogP contribution in [-0.2, 0) is 11.2 Å². The number of piperidine rings is 1. The summed E-state index contributed by atoms with van der Waals surface area (Å²) in [5, 5.41) is 3.11. The van der Waals surface area contributed by atoms with Crippen molar-refractivity contribution < 1.29 is 14.0 Å². The molecule has 1 aromatic heterocycles. The second kappa shape index (κ2) is 7.59. The number of nitrogens with one attached hydrogen (secondary N) is 1. The molecule has 5 nitrogen and oxygen atoms in total. The SMILES string of the molecule is CCc1ccc(C2CC(C(=O)NC3CC3)CN(C(=O)c3ccoc3)C2)cc1. The number of hydrogen-bond donors (Lipinski definition) is 1. The molecule has 1 saturated carbocycles. The summed E-state index contributed by atoms with van der Waals surface area (Å²) in [7, 11) is 0. The van der Waals surface area contributed by atoms with Crippen LogP contribution in [0, 0.1) is 5.92 Å². The number of carbonyl (C=O) groups is 2. The molecule has 2 heterocycles. The maximum absolute atomic E-state index is 12.9. The fraction of sp³-hybridized carbons (Fsp3) is 0.455. The molecule has 1 aliphatic heterocycles. The van der Waals surface area contributed by atoms with Crippen molar-refractivity contribution in [2.75, 3.05) is 13.1 Å². The first-order valence-electron chi connectivity index (χ1n) is 9.84. The molecule has 2 unspecified atom stereocenters. The Bertz CT molecular complexity index is 793. The molecular formula is C22H26N2O3. The van der Waals surface area contributed by atoms with E-state index in [1.165, 1.54) is 23.7 Å². The summed E-state index contributed by atoms with van der Waals surface area (Å²) in [6.07, 6.45) is 6.90. The first-order chi connectivity index (χ1) is 13.1. The Balaban J connectivity index is 1.55. The van der Waals surface area contributed by atoms with Gasteiger partial charge in [-0.1, -0.05) is 31.2 Å². The molecule has 1 aromatic carbocycles. The third-order valence-corrected chi connectivity index (χ3v) is 5.66. The van der Waals surface area contributed by atoms with Gasteiger partial charge in [0, 0.05) is 25.0 Å². The number of rotatable bonds is 5. The summed E-state index contributed by atoms with van der Waals surface area (Å²) in [6, 6.07) is 10.6. The monoisotopic (exact) mass is 366 g/mol. The molecule has 2 aliphatic rings. The van der Waals surface area contributed by atoms with Crippen LogP contribution in [0.1, 0.15) is 53.6 Å². The number of nitrogens with zero attached hydrogens (tertiary/aromatic N) is 1. The van der Waals surface area contributed by atoms with Crippen LogP contribution in [0.4, 0.5) is 0 Å². The molecule has 2 atom stereocenters. The van der Waals surface area contributed by atoms with E-state index in [-0.39, 0.29) is 23.7 Å². The highest BCUT2D eigenvalue weighted by molar-refractivity contribution is 5.94. The minimum Gasteiger partial charge on any atom is -0.472 e. The van der Waals surface area contributed by atoms with E-state index in [4.69, 9.17) is 4.42 Å². The first kappa shape index (κ1) is 17.8. The molecule has 5 heteroatoms. The van der Waals surface area contributed by atoms with Crippen LogP contribution in [0.3, 0.4) is 0 Å². The van der Waals surface area contributed by atoms with Crippen molar-refractivity contribution in [1.29, 1.82) is 0 Å². The maximum Gasteiger partial charge on any atom is 0.257 e. The Labute approximate surface area is 159 Å². The lowest BCUT2D eigenvalue weighted by molar-refractivity contribution is -0.126. The lowest BCUT2D eigenvalue weighted by Gasteiger charge is -2.37. The van der Waals surface area contributed by atoms with Crippen LogP contribution in [0.25, 0.3) is 0 Å². The quantitative estimate of drug-likeness (QED) is 0.882. The lowest BCUT2D eigenvalue weighted by atomic mass is 9.83. The predicted molar refractivity (Wildman–Crippen MR) is 102 cm³/mol. The predicted octanol–water partition coefficient (Wildman–Crippen LogP) is 3.37. The van der Waals surface area contributed by atoms with E-state index in [9.17, 15) is 9.59 Å². The van der Waals surface area contributed by atoms with Gasteiger partial charge in [-0.2, -0.15) is 0 Å². The van der Waals surface area contributed by atoms with Gasteiger partial charge < -0.3 is 14.6 Å². The van der Waals surface area contributed by atoms with Gasteiger partial charge in [-0.25, -0.2) is 0 Å². The molecule has 27 heavy (non-hydrogen) atoms. The fourth-order valence-electron chi connectivity index (χ4n) is 3.84. The van der Waals surface area contributed by atoms with E-state index < -0.39 is 0 Å². The van der Waals surface area contributed by atoms with Gasteiger partial charge in [-0.15, -0.1) is 0 Å². The van der Waals surface area contributed by atoms with E-state index in [1.807, 2.05) is 4.90 Å². The zero-order valence-electron chi connectivity index (χ0n) is 15.7. The zero-order chi connectivity index (χ0) is 18.8. The zero-order valence-corrected chi connectivity index (χ0v) is 15.7. The van der Waals surface area contributed by atoms with Gasteiger partial charge in [0.05, 0.1) is 17.7 Å². The fourth-order valence-corrected chi connectivity index (χ4v) is 3.84. The molecule has 2 fully saturated rings. The number of likely N-dealkylation sites (tertiary alicyclic amines) is 1.